The van der Waals surface area contributed by atoms with Crippen LogP contribution in [0.2, 0.25) is 0 Å². The Bertz CT molecular complexity index is 887. The normalized spacial score (nSPS) is 15.8. The smallest absolute Gasteiger partial charge is 0.483 e. The lowest BCUT2D eigenvalue weighted by Gasteiger charge is -2.31. The number of alkyl halides is 3. The van der Waals surface area contributed by atoms with Crippen LogP contribution in [0.1, 0.15) is 29.9 Å². The topological polar surface area (TPSA) is 38.8 Å². The number of hydrogen-bond acceptors (Lipinski definition) is 4. The Morgan fingerprint density at radius 1 is 1.03 bits per heavy atom. The Morgan fingerprint density at radius 3 is 2.23 bits per heavy atom. The molecule has 2 aromatic carbocycles. The minimum Gasteiger partial charge on any atom is -0.483 e. The van der Waals surface area contributed by atoms with Crippen LogP contribution in [0.15, 0.2) is 36.4 Å². The van der Waals surface area contributed by atoms with Gasteiger partial charge in [-0.25, -0.2) is 18.0 Å². The number of hydrogen-bond donors (Lipinski definition) is 0. The zero-order chi connectivity index (χ0) is 21.9. The van der Waals surface area contributed by atoms with Gasteiger partial charge in [0.2, 0.25) is 0 Å². The van der Waals surface area contributed by atoms with Gasteiger partial charge in [0, 0.05) is 25.2 Å². The van der Waals surface area contributed by atoms with Crippen molar-refractivity contribution in [1.82, 2.24) is 5.06 Å². The van der Waals surface area contributed by atoms with Gasteiger partial charge in [0.1, 0.15) is 12.4 Å². The maximum absolute atomic E-state index is 13.8. The van der Waals surface area contributed by atoms with Crippen LogP contribution in [-0.4, -0.2) is 30.3 Å². The molecule has 0 saturated carbocycles. The predicted molar refractivity (Wildman–Crippen MR) is 92.8 cm³/mol. The average molecular weight is 433 g/mol. The molecular weight excluding hydrogens is 416 g/mol. The minimum atomic E-state index is -5.06. The van der Waals surface area contributed by atoms with Crippen molar-refractivity contribution in [3.63, 3.8) is 0 Å². The molecule has 162 valence electrons. The molecular formula is C20H17F6NO3. The molecule has 0 spiro atoms. The highest BCUT2D eigenvalue weighted by molar-refractivity contribution is 5.75. The number of piperidine rings is 1. The Hall–Kier alpha value is -2.75. The van der Waals surface area contributed by atoms with Crippen molar-refractivity contribution in [2.75, 3.05) is 13.1 Å². The first-order valence-electron chi connectivity index (χ1n) is 9.04. The van der Waals surface area contributed by atoms with E-state index in [-0.39, 0.29) is 25.6 Å². The fourth-order valence-corrected chi connectivity index (χ4v) is 3.31. The number of carbonyl (C=O) groups is 1. The molecule has 0 bridgehead atoms. The number of ether oxygens (including phenoxy) is 1. The molecule has 0 N–H and O–H groups in total. The Kier molecular flexibility index (Phi) is 6.55. The Labute approximate surface area is 167 Å². The fourth-order valence-electron chi connectivity index (χ4n) is 3.31. The maximum Gasteiger partial charge on any atom is 0.492 e. The van der Waals surface area contributed by atoms with E-state index < -0.39 is 35.3 Å². The van der Waals surface area contributed by atoms with E-state index in [1.54, 1.807) is 24.3 Å². The molecule has 4 nitrogen and oxygen atoms in total. The lowest BCUT2D eigenvalue weighted by Crippen LogP contribution is -2.39. The summed E-state index contributed by atoms with van der Waals surface area (Å²) in [5.41, 5.74) is 1.44. The summed E-state index contributed by atoms with van der Waals surface area (Å²) in [4.78, 5) is 15.3. The highest BCUT2D eigenvalue weighted by Crippen LogP contribution is 2.32. The van der Waals surface area contributed by atoms with Gasteiger partial charge < -0.3 is 9.57 Å². The number of nitrogens with zero attached hydrogens (tertiary/aromatic N) is 1. The van der Waals surface area contributed by atoms with Gasteiger partial charge in [-0.3, -0.25) is 0 Å². The highest BCUT2D eigenvalue weighted by atomic mass is 19.4. The van der Waals surface area contributed by atoms with Crippen molar-refractivity contribution in [3.05, 3.63) is 65.0 Å². The number of hydroxylamine groups is 2. The molecule has 10 heteroatoms. The third-order valence-electron chi connectivity index (χ3n) is 4.73. The Morgan fingerprint density at radius 2 is 1.63 bits per heavy atom. The molecule has 0 unspecified atom stereocenters. The molecule has 2 aromatic rings. The van der Waals surface area contributed by atoms with Crippen LogP contribution in [0.4, 0.5) is 26.3 Å². The zero-order valence-electron chi connectivity index (χ0n) is 15.5. The second-order valence-electron chi connectivity index (χ2n) is 6.77. The van der Waals surface area contributed by atoms with Crippen LogP contribution >= 0.6 is 0 Å². The summed E-state index contributed by atoms with van der Waals surface area (Å²) >= 11 is 0. The van der Waals surface area contributed by atoms with Crippen LogP contribution in [0.25, 0.3) is 0 Å². The summed E-state index contributed by atoms with van der Waals surface area (Å²) in [6.45, 7) is 0.0186. The van der Waals surface area contributed by atoms with Crippen molar-refractivity contribution in [2.24, 2.45) is 0 Å². The van der Waals surface area contributed by atoms with Crippen LogP contribution in [0, 0.1) is 17.5 Å². The second kappa shape index (κ2) is 8.95. The largest absolute Gasteiger partial charge is 0.492 e. The van der Waals surface area contributed by atoms with Gasteiger partial charge in [-0.05, 0) is 29.9 Å². The first-order chi connectivity index (χ1) is 14.1. The standard InChI is InChI=1S/C20H17F6NO3/c21-14-9-16(22)18(17(23)10-14)29-11-13-3-1-2-4-15(13)12-5-7-27(8-6-12)30-19(28)20(24,25)26/h1-4,9-10,12H,5-8,11H2. The third kappa shape index (κ3) is 5.24. The summed E-state index contributed by atoms with van der Waals surface area (Å²) in [7, 11) is 0. The predicted octanol–water partition coefficient (Wildman–Crippen LogP) is 4.88. The van der Waals surface area contributed by atoms with E-state index in [9.17, 15) is 31.1 Å². The molecule has 1 aliphatic rings. The monoisotopic (exact) mass is 433 g/mol. The quantitative estimate of drug-likeness (QED) is 0.630. The zero-order valence-corrected chi connectivity index (χ0v) is 15.5. The van der Waals surface area contributed by atoms with Gasteiger partial charge >= 0.3 is 12.1 Å². The highest BCUT2D eigenvalue weighted by Gasteiger charge is 2.43. The van der Waals surface area contributed by atoms with Crippen LogP contribution in [0.3, 0.4) is 0 Å². The van der Waals surface area contributed by atoms with Crippen molar-refractivity contribution in [1.29, 1.82) is 0 Å². The van der Waals surface area contributed by atoms with Crippen LogP contribution in [0.5, 0.6) is 5.75 Å². The van der Waals surface area contributed by atoms with E-state index in [4.69, 9.17) is 4.74 Å². The summed E-state index contributed by atoms with van der Waals surface area (Å²) in [6.07, 6.45) is -4.26. The molecule has 1 fully saturated rings. The molecule has 1 saturated heterocycles. The van der Waals surface area contributed by atoms with Crippen molar-refractivity contribution < 1.29 is 40.7 Å². The lowest BCUT2D eigenvalue weighted by atomic mass is 9.87. The lowest BCUT2D eigenvalue weighted by molar-refractivity contribution is -0.241. The molecule has 1 heterocycles. The van der Waals surface area contributed by atoms with Gasteiger partial charge in [-0.15, -0.1) is 5.06 Å². The van der Waals surface area contributed by atoms with Gasteiger partial charge in [0.25, 0.3) is 0 Å². The summed E-state index contributed by atoms with van der Waals surface area (Å²) < 4.78 is 82.7. The maximum atomic E-state index is 13.8. The molecule has 0 aromatic heterocycles. The number of rotatable bonds is 5. The van der Waals surface area contributed by atoms with E-state index >= 15 is 0 Å². The summed E-state index contributed by atoms with van der Waals surface area (Å²) in [6, 6.07) is 7.99. The SMILES string of the molecule is O=C(ON1CCC(c2ccccc2COc2c(F)cc(F)cc2F)CC1)C(F)(F)F. The van der Waals surface area contributed by atoms with Crippen molar-refractivity contribution in [2.45, 2.75) is 31.5 Å². The molecule has 3 rings (SSSR count). The summed E-state index contributed by atoms with van der Waals surface area (Å²) in [5, 5.41) is 0.967. The Balaban J connectivity index is 1.65. The number of halogens is 6. The molecule has 1 aliphatic heterocycles. The van der Waals surface area contributed by atoms with E-state index in [2.05, 4.69) is 4.84 Å². The van der Waals surface area contributed by atoms with Gasteiger partial charge in [0.05, 0.1) is 0 Å². The van der Waals surface area contributed by atoms with Crippen molar-refractivity contribution >= 4 is 5.97 Å². The second-order valence-corrected chi connectivity index (χ2v) is 6.77. The molecule has 0 atom stereocenters. The third-order valence-corrected chi connectivity index (χ3v) is 4.73. The first kappa shape index (κ1) is 21.9. The minimum absolute atomic E-state index is 0.0754. The van der Waals surface area contributed by atoms with E-state index in [0.717, 1.165) is 10.6 Å². The van der Waals surface area contributed by atoms with Crippen molar-refractivity contribution in [3.8, 4) is 5.75 Å². The molecule has 0 amide bonds. The van der Waals surface area contributed by atoms with Crippen LogP contribution in [-0.2, 0) is 16.2 Å². The van der Waals surface area contributed by atoms with Gasteiger partial charge in [-0.1, -0.05) is 24.3 Å². The van der Waals surface area contributed by atoms with Crippen LogP contribution < -0.4 is 4.74 Å². The fraction of sp³-hybridized carbons (Fsp3) is 0.350. The van der Waals surface area contributed by atoms with E-state index in [0.29, 0.717) is 30.5 Å². The van der Waals surface area contributed by atoms with E-state index in [1.807, 2.05) is 0 Å². The summed E-state index contributed by atoms with van der Waals surface area (Å²) in [5.74, 6) is -6.42. The number of carbonyl (C=O) groups excluding carboxylic acids is 1. The molecule has 30 heavy (non-hydrogen) atoms. The molecule has 0 radical (unpaired) electrons. The van der Waals surface area contributed by atoms with Gasteiger partial charge in [0.15, 0.2) is 17.4 Å². The number of benzene rings is 2. The first-order valence-corrected chi connectivity index (χ1v) is 9.04. The molecule has 0 aliphatic carbocycles. The van der Waals surface area contributed by atoms with Gasteiger partial charge in [-0.2, -0.15) is 13.2 Å². The van der Waals surface area contributed by atoms with E-state index in [1.165, 1.54) is 0 Å². The average Bonchev–Trinajstić information content (AvgIpc) is 2.67.